The maximum absolute atomic E-state index is 13.1. The van der Waals surface area contributed by atoms with Gasteiger partial charge >= 0.3 is 0 Å². The third-order valence-electron chi connectivity index (χ3n) is 4.64. The minimum absolute atomic E-state index is 0.0236. The number of nitrogens with one attached hydrogen (secondary N) is 1. The van der Waals surface area contributed by atoms with Gasteiger partial charge < -0.3 is 4.90 Å². The Morgan fingerprint density at radius 2 is 1.94 bits per heavy atom. The van der Waals surface area contributed by atoms with Crippen molar-refractivity contribution in [2.75, 3.05) is 11.8 Å². The van der Waals surface area contributed by atoms with Gasteiger partial charge in [0.15, 0.2) is 5.03 Å². The second-order valence-electron chi connectivity index (χ2n) is 6.94. The van der Waals surface area contributed by atoms with Gasteiger partial charge in [-0.2, -0.15) is 12.8 Å². The van der Waals surface area contributed by atoms with Crippen LogP contribution in [0, 0.1) is 5.82 Å². The fraction of sp³-hybridized carbons (Fsp3) is 0.0952. The molecule has 0 aliphatic heterocycles. The molecule has 1 amide bonds. The highest BCUT2D eigenvalue weighted by molar-refractivity contribution is 7.92. The van der Waals surface area contributed by atoms with Gasteiger partial charge in [-0.1, -0.05) is 23.7 Å². The quantitative estimate of drug-likeness (QED) is 0.428. The molecule has 0 spiro atoms. The first-order valence-corrected chi connectivity index (χ1v) is 11.9. The lowest BCUT2D eigenvalue weighted by Crippen LogP contribution is -2.27. The lowest BCUT2D eigenvalue weighted by molar-refractivity contribution is 0.0786. The van der Waals surface area contributed by atoms with Gasteiger partial charge in [0.2, 0.25) is 0 Å². The van der Waals surface area contributed by atoms with Gasteiger partial charge in [0.25, 0.3) is 15.9 Å². The average Bonchev–Trinajstić information content (AvgIpc) is 3.23. The summed E-state index contributed by atoms with van der Waals surface area (Å²) in [6.45, 7) is 0.204. The zero-order valence-electron chi connectivity index (χ0n) is 16.6. The summed E-state index contributed by atoms with van der Waals surface area (Å²) < 4.78 is 46.5. The van der Waals surface area contributed by atoms with E-state index in [2.05, 4.69) is 14.1 Å². The number of sulfonamides is 1. The zero-order chi connectivity index (χ0) is 22.9. The molecule has 0 unspecified atom stereocenters. The molecule has 0 fully saturated rings. The molecule has 4 rings (SSSR count). The van der Waals surface area contributed by atoms with Crippen LogP contribution in [0.5, 0.6) is 0 Å². The van der Waals surface area contributed by atoms with Gasteiger partial charge in [-0.25, -0.2) is 9.37 Å². The van der Waals surface area contributed by atoms with Crippen LogP contribution in [0.1, 0.15) is 15.9 Å². The first kappa shape index (κ1) is 22.1. The van der Waals surface area contributed by atoms with Crippen molar-refractivity contribution in [2.45, 2.75) is 11.6 Å². The Morgan fingerprint density at radius 3 is 2.69 bits per heavy atom. The largest absolute Gasteiger partial charge is 0.337 e. The molecule has 2 aromatic carbocycles. The molecule has 1 N–H and O–H groups in total. The van der Waals surface area contributed by atoms with Crippen LogP contribution in [0.25, 0.3) is 10.1 Å². The molecule has 0 saturated carbocycles. The van der Waals surface area contributed by atoms with Gasteiger partial charge in [0.1, 0.15) is 5.82 Å². The van der Waals surface area contributed by atoms with Crippen molar-refractivity contribution in [2.24, 2.45) is 0 Å². The maximum atomic E-state index is 13.1. The number of anilines is 1. The number of halogens is 2. The fourth-order valence-corrected chi connectivity index (χ4v) is 5.19. The SMILES string of the molecule is CN(Cc1ccc(F)cc1)C(=O)c1ccc(Cl)cc1NS(=O)(=O)c1nccc2sncc12. The zero-order valence-corrected chi connectivity index (χ0v) is 19.0. The van der Waals surface area contributed by atoms with Crippen molar-refractivity contribution in [1.29, 1.82) is 0 Å². The minimum Gasteiger partial charge on any atom is -0.337 e. The number of amides is 1. The average molecular weight is 491 g/mol. The number of benzene rings is 2. The summed E-state index contributed by atoms with van der Waals surface area (Å²) in [5, 5.41) is 0.443. The lowest BCUT2D eigenvalue weighted by atomic mass is 10.1. The minimum atomic E-state index is -4.14. The van der Waals surface area contributed by atoms with E-state index < -0.39 is 15.9 Å². The number of aromatic nitrogens is 2. The van der Waals surface area contributed by atoms with Gasteiger partial charge in [-0.15, -0.1) is 0 Å². The predicted octanol–water partition coefficient (Wildman–Crippen LogP) is 4.56. The highest BCUT2D eigenvalue weighted by Crippen LogP contribution is 2.28. The summed E-state index contributed by atoms with van der Waals surface area (Å²) >= 11 is 7.23. The molecule has 0 radical (unpaired) electrons. The third kappa shape index (κ3) is 4.57. The topological polar surface area (TPSA) is 92.3 Å². The van der Waals surface area contributed by atoms with Crippen molar-refractivity contribution in [3.05, 3.63) is 82.9 Å². The molecule has 2 heterocycles. The Balaban J connectivity index is 1.65. The molecule has 2 aromatic heterocycles. The van der Waals surface area contributed by atoms with Crippen LogP contribution in [0.2, 0.25) is 5.02 Å². The lowest BCUT2D eigenvalue weighted by Gasteiger charge is -2.20. The van der Waals surface area contributed by atoms with Crippen molar-refractivity contribution in [3.8, 4) is 0 Å². The van der Waals surface area contributed by atoms with Crippen molar-refractivity contribution >= 4 is 54.8 Å². The molecule has 0 saturated heterocycles. The Bertz CT molecular complexity index is 1410. The number of carbonyl (C=O) groups excluding carboxylic acids is 1. The second kappa shape index (κ2) is 8.81. The van der Waals surface area contributed by atoms with Crippen LogP contribution in [0.3, 0.4) is 0 Å². The van der Waals surface area contributed by atoms with E-state index in [9.17, 15) is 17.6 Å². The molecule has 0 aliphatic rings. The molecular formula is C21H16ClFN4O3S2. The van der Waals surface area contributed by atoms with Gasteiger partial charge in [-0.3, -0.25) is 9.52 Å². The molecule has 4 aromatic rings. The Kier molecular flexibility index (Phi) is 6.09. The molecule has 7 nitrogen and oxygen atoms in total. The van der Waals surface area contributed by atoms with E-state index in [1.54, 1.807) is 25.2 Å². The van der Waals surface area contributed by atoms with E-state index in [4.69, 9.17) is 11.6 Å². The van der Waals surface area contributed by atoms with Crippen LogP contribution >= 0.6 is 23.1 Å². The van der Waals surface area contributed by atoms with Gasteiger partial charge in [0.05, 0.1) is 27.5 Å². The predicted molar refractivity (Wildman–Crippen MR) is 122 cm³/mol. The van der Waals surface area contributed by atoms with E-state index in [1.807, 2.05) is 0 Å². The smallest absolute Gasteiger partial charge is 0.280 e. The fourth-order valence-electron chi connectivity index (χ4n) is 3.11. The number of nitrogens with zero attached hydrogens (tertiary/aromatic N) is 3. The Morgan fingerprint density at radius 1 is 1.19 bits per heavy atom. The van der Waals surface area contributed by atoms with Crippen LogP contribution in [-0.2, 0) is 16.6 Å². The summed E-state index contributed by atoms with van der Waals surface area (Å²) in [7, 11) is -2.57. The van der Waals surface area contributed by atoms with Gasteiger partial charge in [0, 0.05) is 24.8 Å². The number of fused-ring (bicyclic) bond motifs is 1. The normalized spacial score (nSPS) is 11.5. The van der Waals surface area contributed by atoms with E-state index >= 15 is 0 Å². The molecule has 32 heavy (non-hydrogen) atoms. The summed E-state index contributed by atoms with van der Waals surface area (Å²) in [5.41, 5.74) is 0.854. The number of rotatable bonds is 6. The van der Waals surface area contributed by atoms with Crippen LogP contribution < -0.4 is 4.72 Å². The van der Waals surface area contributed by atoms with Crippen molar-refractivity contribution < 1.29 is 17.6 Å². The van der Waals surface area contributed by atoms with E-state index in [1.165, 1.54) is 47.6 Å². The summed E-state index contributed by atoms with van der Waals surface area (Å²) in [6, 6.07) is 11.8. The van der Waals surface area contributed by atoms with Crippen molar-refractivity contribution in [3.63, 3.8) is 0 Å². The standard InChI is InChI=1S/C21H16ClFN4O3S2/c1-27(12-13-2-5-15(23)6-3-13)21(28)16-7-4-14(22)10-18(16)26-32(29,30)20-17-11-25-31-19(17)8-9-24-20/h2-11,26H,12H2,1H3. The van der Waals surface area contributed by atoms with Crippen LogP contribution in [0.4, 0.5) is 10.1 Å². The van der Waals surface area contributed by atoms with E-state index in [0.717, 1.165) is 17.1 Å². The monoisotopic (exact) mass is 490 g/mol. The van der Waals surface area contributed by atoms with E-state index in [0.29, 0.717) is 10.1 Å². The first-order chi connectivity index (χ1) is 15.2. The molecule has 0 atom stereocenters. The first-order valence-electron chi connectivity index (χ1n) is 9.26. The van der Waals surface area contributed by atoms with Gasteiger partial charge in [-0.05, 0) is 53.5 Å². The highest BCUT2D eigenvalue weighted by Gasteiger charge is 2.24. The second-order valence-corrected chi connectivity index (χ2v) is 9.80. The van der Waals surface area contributed by atoms with Crippen LogP contribution in [-0.4, -0.2) is 35.6 Å². The summed E-state index contributed by atoms with van der Waals surface area (Å²) in [4.78, 5) is 18.5. The highest BCUT2D eigenvalue weighted by atomic mass is 35.5. The Labute approximate surface area is 192 Å². The summed E-state index contributed by atoms with van der Waals surface area (Å²) in [6.07, 6.45) is 2.82. The molecule has 0 aliphatic carbocycles. The van der Waals surface area contributed by atoms with Crippen molar-refractivity contribution in [1.82, 2.24) is 14.3 Å². The molecular weight excluding hydrogens is 475 g/mol. The maximum Gasteiger partial charge on any atom is 0.280 e. The number of carbonyl (C=O) groups is 1. The number of hydrogen-bond donors (Lipinski definition) is 1. The Hall–Kier alpha value is -3.08. The molecule has 164 valence electrons. The van der Waals surface area contributed by atoms with E-state index in [-0.39, 0.29) is 33.7 Å². The molecule has 0 bridgehead atoms. The van der Waals surface area contributed by atoms with Crippen LogP contribution in [0.15, 0.2) is 66.0 Å². The molecule has 11 heteroatoms. The number of hydrogen-bond acceptors (Lipinski definition) is 6. The third-order valence-corrected chi connectivity index (χ3v) is 6.96. The number of pyridine rings is 1. The summed E-state index contributed by atoms with van der Waals surface area (Å²) in [5.74, 6) is -0.811.